The molecule has 1 fully saturated rings. The Kier molecular flexibility index (Phi) is 3.05. The van der Waals surface area contributed by atoms with Crippen molar-refractivity contribution in [1.29, 1.82) is 0 Å². The summed E-state index contributed by atoms with van der Waals surface area (Å²) in [6.07, 6.45) is 8.33. The molecule has 0 amide bonds. The van der Waals surface area contributed by atoms with Crippen LogP contribution in [0.5, 0.6) is 0 Å². The number of nitrogens with zero attached hydrogens (tertiary/aromatic N) is 1. The minimum atomic E-state index is 0.552. The number of aromatic nitrogens is 1. The molecule has 18 heavy (non-hydrogen) atoms. The molecule has 1 aromatic carbocycles. The van der Waals surface area contributed by atoms with Gasteiger partial charge in [0.1, 0.15) is 5.82 Å². The average molecular weight is 241 g/mol. The first-order chi connectivity index (χ1) is 8.84. The standard InChI is InChI=1S/C15H19N3/c16-13-8-4-5-11-9-10-17-15(14(11)13)18-12-6-2-1-3-7-12/h4-5,8-10,12H,1-3,6-7,16H2,(H,17,18). The zero-order valence-electron chi connectivity index (χ0n) is 10.5. The van der Waals surface area contributed by atoms with E-state index in [0.717, 1.165) is 22.3 Å². The largest absolute Gasteiger partial charge is 0.398 e. The van der Waals surface area contributed by atoms with Crippen molar-refractivity contribution in [3.05, 3.63) is 30.5 Å². The van der Waals surface area contributed by atoms with Crippen LogP contribution in [0.1, 0.15) is 32.1 Å². The molecule has 0 radical (unpaired) electrons. The highest BCUT2D eigenvalue weighted by molar-refractivity contribution is 6.00. The maximum atomic E-state index is 6.08. The van der Waals surface area contributed by atoms with E-state index in [1.807, 2.05) is 24.4 Å². The minimum absolute atomic E-state index is 0.552. The van der Waals surface area contributed by atoms with Crippen molar-refractivity contribution in [2.75, 3.05) is 11.1 Å². The number of nitrogen functional groups attached to an aromatic ring is 1. The molecule has 1 saturated carbocycles. The minimum Gasteiger partial charge on any atom is -0.398 e. The summed E-state index contributed by atoms with van der Waals surface area (Å²) in [5, 5.41) is 5.79. The molecule has 0 spiro atoms. The summed E-state index contributed by atoms with van der Waals surface area (Å²) in [5.41, 5.74) is 6.89. The third-order valence-corrected chi connectivity index (χ3v) is 3.77. The number of rotatable bonds is 2. The van der Waals surface area contributed by atoms with Crippen LogP contribution in [-0.4, -0.2) is 11.0 Å². The Morgan fingerprint density at radius 2 is 1.94 bits per heavy atom. The molecule has 0 bridgehead atoms. The monoisotopic (exact) mass is 241 g/mol. The van der Waals surface area contributed by atoms with E-state index in [1.165, 1.54) is 32.1 Å². The highest BCUT2D eigenvalue weighted by Crippen LogP contribution is 2.29. The van der Waals surface area contributed by atoms with Gasteiger partial charge in [0.15, 0.2) is 0 Å². The van der Waals surface area contributed by atoms with Gasteiger partial charge in [-0.25, -0.2) is 4.98 Å². The van der Waals surface area contributed by atoms with Crippen LogP contribution in [0.4, 0.5) is 11.5 Å². The first-order valence-electron chi connectivity index (χ1n) is 6.74. The van der Waals surface area contributed by atoms with Crippen molar-refractivity contribution in [1.82, 2.24) is 4.98 Å². The molecule has 3 heteroatoms. The number of anilines is 2. The second-order valence-corrected chi connectivity index (χ2v) is 5.08. The van der Waals surface area contributed by atoms with E-state index in [0.29, 0.717) is 6.04 Å². The first kappa shape index (κ1) is 11.3. The van der Waals surface area contributed by atoms with Crippen molar-refractivity contribution < 1.29 is 0 Å². The molecule has 3 rings (SSSR count). The summed E-state index contributed by atoms with van der Waals surface area (Å²) < 4.78 is 0. The molecule has 0 unspecified atom stereocenters. The lowest BCUT2D eigenvalue weighted by Gasteiger charge is -2.24. The molecular formula is C15H19N3. The number of benzene rings is 1. The molecule has 1 aliphatic carbocycles. The number of pyridine rings is 1. The summed E-state index contributed by atoms with van der Waals surface area (Å²) in [6.45, 7) is 0. The van der Waals surface area contributed by atoms with Crippen LogP contribution in [0.15, 0.2) is 30.5 Å². The van der Waals surface area contributed by atoms with Gasteiger partial charge in [-0.1, -0.05) is 31.4 Å². The second-order valence-electron chi connectivity index (χ2n) is 5.08. The molecular weight excluding hydrogens is 222 g/mol. The lowest BCUT2D eigenvalue weighted by molar-refractivity contribution is 0.462. The van der Waals surface area contributed by atoms with E-state index in [-0.39, 0.29) is 0 Å². The van der Waals surface area contributed by atoms with Gasteiger partial charge in [0.25, 0.3) is 0 Å². The van der Waals surface area contributed by atoms with Crippen molar-refractivity contribution in [3.63, 3.8) is 0 Å². The molecule has 0 saturated heterocycles. The molecule has 0 aliphatic heterocycles. The first-order valence-corrected chi connectivity index (χ1v) is 6.74. The number of nitrogens with two attached hydrogens (primary N) is 1. The highest BCUT2D eigenvalue weighted by Gasteiger charge is 2.15. The third-order valence-electron chi connectivity index (χ3n) is 3.77. The zero-order valence-corrected chi connectivity index (χ0v) is 10.5. The van der Waals surface area contributed by atoms with Gasteiger partial charge >= 0.3 is 0 Å². The molecule has 94 valence electrons. The average Bonchev–Trinajstić information content (AvgIpc) is 2.40. The quantitative estimate of drug-likeness (QED) is 0.790. The molecule has 3 nitrogen and oxygen atoms in total. The Labute approximate surface area is 107 Å². The molecule has 1 aliphatic rings. The molecule has 1 aromatic heterocycles. The van der Waals surface area contributed by atoms with E-state index >= 15 is 0 Å². The summed E-state index contributed by atoms with van der Waals surface area (Å²) in [7, 11) is 0. The summed E-state index contributed by atoms with van der Waals surface area (Å²) in [5.74, 6) is 0.942. The van der Waals surface area contributed by atoms with Crippen LogP contribution < -0.4 is 11.1 Å². The SMILES string of the molecule is Nc1cccc2ccnc(NC3CCCCC3)c12. The van der Waals surface area contributed by atoms with Crippen LogP contribution >= 0.6 is 0 Å². The van der Waals surface area contributed by atoms with Crippen molar-refractivity contribution in [3.8, 4) is 0 Å². The maximum Gasteiger partial charge on any atom is 0.136 e. The van der Waals surface area contributed by atoms with Crippen LogP contribution in [0.25, 0.3) is 10.8 Å². The number of hydrogen-bond acceptors (Lipinski definition) is 3. The van der Waals surface area contributed by atoms with E-state index < -0.39 is 0 Å². The zero-order chi connectivity index (χ0) is 12.4. The Balaban J connectivity index is 1.95. The van der Waals surface area contributed by atoms with Gasteiger partial charge in [-0.2, -0.15) is 0 Å². The normalized spacial score (nSPS) is 16.9. The Bertz CT molecular complexity index is 539. The number of hydrogen-bond donors (Lipinski definition) is 2. The summed E-state index contributed by atoms with van der Waals surface area (Å²) in [4.78, 5) is 4.47. The number of fused-ring (bicyclic) bond motifs is 1. The molecule has 1 heterocycles. The van der Waals surface area contributed by atoms with Gasteiger partial charge < -0.3 is 11.1 Å². The van der Waals surface area contributed by atoms with Crippen molar-refractivity contribution in [2.24, 2.45) is 0 Å². The van der Waals surface area contributed by atoms with Gasteiger partial charge in [-0.05, 0) is 30.4 Å². The fraction of sp³-hybridized carbons (Fsp3) is 0.400. The number of nitrogens with one attached hydrogen (secondary N) is 1. The Hall–Kier alpha value is -1.77. The fourth-order valence-corrected chi connectivity index (χ4v) is 2.81. The molecule has 2 aromatic rings. The van der Waals surface area contributed by atoms with E-state index in [9.17, 15) is 0 Å². The molecule has 0 atom stereocenters. The Morgan fingerprint density at radius 3 is 2.78 bits per heavy atom. The second kappa shape index (κ2) is 4.84. The summed E-state index contributed by atoms with van der Waals surface area (Å²) >= 11 is 0. The predicted molar refractivity (Wildman–Crippen MR) is 76.7 cm³/mol. The van der Waals surface area contributed by atoms with Crippen LogP contribution in [0.3, 0.4) is 0 Å². The van der Waals surface area contributed by atoms with Gasteiger partial charge in [0, 0.05) is 23.3 Å². The van der Waals surface area contributed by atoms with Gasteiger partial charge in [-0.3, -0.25) is 0 Å². The maximum absolute atomic E-state index is 6.08. The lowest BCUT2D eigenvalue weighted by Crippen LogP contribution is -2.23. The van der Waals surface area contributed by atoms with Gasteiger partial charge in [0.2, 0.25) is 0 Å². The predicted octanol–water partition coefficient (Wildman–Crippen LogP) is 3.56. The van der Waals surface area contributed by atoms with Crippen molar-refractivity contribution in [2.45, 2.75) is 38.1 Å². The lowest BCUT2D eigenvalue weighted by atomic mass is 9.95. The fourth-order valence-electron chi connectivity index (χ4n) is 2.81. The van der Waals surface area contributed by atoms with Crippen LogP contribution in [0, 0.1) is 0 Å². The topological polar surface area (TPSA) is 50.9 Å². The van der Waals surface area contributed by atoms with E-state index in [1.54, 1.807) is 0 Å². The molecule has 3 N–H and O–H groups in total. The highest BCUT2D eigenvalue weighted by atomic mass is 15.0. The summed E-state index contributed by atoms with van der Waals surface area (Å²) in [6, 6.07) is 8.58. The van der Waals surface area contributed by atoms with Crippen LogP contribution in [0.2, 0.25) is 0 Å². The van der Waals surface area contributed by atoms with Crippen LogP contribution in [-0.2, 0) is 0 Å². The van der Waals surface area contributed by atoms with Gasteiger partial charge in [-0.15, -0.1) is 0 Å². The third kappa shape index (κ3) is 2.13. The Morgan fingerprint density at radius 1 is 1.11 bits per heavy atom. The van der Waals surface area contributed by atoms with E-state index in [4.69, 9.17) is 5.73 Å². The smallest absolute Gasteiger partial charge is 0.136 e. The van der Waals surface area contributed by atoms with Crippen molar-refractivity contribution >= 4 is 22.3 Å². The van der Waals surface area contributed by atoms with E-state index in [2.05, 4.69) is 16.4 Å². The van der Waals surface area contributed by atoms with Gasteiger partial charge in [0.05, 0.1) is 0 Å².